The van der Waals surface area contributed by atoms with Gasteiger partial charge in [0.25, 0.3) is 5.91 Å². The summed E-state index contributed by atoms with van der Waals surface area (Å²) in [5, 5.41) is 7.59. The van der Waals surface area contributed by atoms with Crippen molar-refractivity contribution in [3.63, 3.8) is 0 Å². The first kappa shape index (κ1) is 20.3. The molecular formula is C20H19N3O5S. The number of carbonyl (C=O) groups excluding carboxylic acids is 2. The maximum Gasteiger partial charge on any atom is 0.338 e. The summed E-state index contributed by atoms with van der Waals surface area (Å²) in [5.74, 6) is -1.19. The molecule has 0 aliphatic carbocycles. The Balaban J connectivity index is 1.63. The highest BCUT2D eigenvalue weighted by Gasteiger charge is 2.19. The van der Waals surface area contributed by atoms with Gasteiger partial charge >= 0.3 is 5.97 Å². The first-order valence-electron chi connectivity index (χ1n) is 8.62. The lowest BCUT2D eigenvalue weighted by Crippen LogP contribution is -2.30. The van der Waals surface area contributed by atoms with Crippen LogP contribution in [0.2, 0.25) is 0 Å². The molecule has 2 aromatic carbocycles. The van der Waals surface area contributed by atoms with Gasteiger partial charge in [0.15, 0.2) is 6.10 Å². The Morgan fingerprint density at radius 3 is 2.31 bits per heavy atom. The molecule has 0 aliphatic rings. The Bertz CT molecular complexity index is 1120. The molecule has 0 spiro atoms. The third-order valence-electron chi connectivity index (χ3n) is 4.09. The van der Waals surface area contributed by atoms with Crippen LogP contribution >= 0.6 is 0 Å². The number of primary sulfonamides is 1. The van der Waals surface area contributed by atoms with Gasteiger partial charge in [-0.3, -0.25) is 4.79 Å². The van der Waals surface area contributed by atoms with E-state index in [0.29, 0.717) is 11.3 Å². The van der Waals surface area contributed by atoms with Crippen LogP contribution in [0.25, 0.3) is 5.69 Å². The second-order valence-electron chi connectivity index (χ2n) is 6.25. The van der Waals surface area contributed by atoms with Crippen LogP contribution in [0.15, 0.2) is 78.0 Å². The number of anilines is 1. The minimum Gasteiger partial charge on any atom is -0.449 e. The smallest absolute Gasteiger partial charge is 0.338 e. The summed E-state index contributed by atoms with van der Waals surface area (Å²) >= 11 is 0. The molecule has 0 aliphatic heterocycles. The molecule has 0 saturated carbocycles. The summed E-state index contributed by atoms with van der Waals surface area (Å²) in [6.07, 6.45) is 2.64. The number of sulfonamides is 1. The highest BCUT2D eigenvalue weighted by atomic mass is 32.2. The van der Waals surface area contributed by atoms with Crippen LogP contribution in [-0.2, 0) is 19.6 Å². The lowest BCUT2D eigenvalue weighted by atomic mass is 10.2. The van der Waals surface area contributed by atoms with Gasteiger partial charge in [0.05, 0.1) is 10.5 Å². The second-order valence-corrected chi connectivity index (χ2v) is 7.81. The van der Waals surface area contributed by atoms with E-state index in [2.05, 4.69) is 5.32 Å². The van der Waals surface area contributed by atoms with Crippen molar-refractivity contribution in [3.8, 4) is 5.69 Å². The fraction of sp³-hybridized carbons (Fsp3) is 0.100. The number of hydrogen-bond acceptors (Lipinski definition) is 5. The fourth-order valence-corrected chi connectivity index (χ4v) is 3.07. The quantitative estimate of drug-likeness (QED) is 0.601. The van der Waals surface area contributed by atoms with E-state index >= 15 is 0 Å². The van der Waals surface area contributed by atoms with Gasteiger partial charge in [-0.15, -0.1) is 0 Å². The molecule has 0 radical (unpaired) electrons. The van der Waals surface area contributed by atoms with Gasteiger partial charge in [-0.1, -0.05) is 6.07 Å². The van der Waals surface area contributed by atoms with E-state index in [0.717, 1.165) is 5.69 Å². The van der Waals surface area contributed by atoms with Crippen molar-refractivity contribution in [1.29, 1.82) is 0 Å². The van der Waals surface area contributed by atoms with Gasteiger partial charge < -0.3 is 14.6 Å². The molecule has 0 bridgehead atoms. The number of ether oxygens (including phenoxy) is 1. The third kappa shape index (κ3) is 5.09. The van der Waals surface area contributed by atoms with E-state index in [1.54, 1.807) is 18.2 Å². The number of aromatic nitrogens is 1. The van der Waals surface area contributed by atoms with E-state index < -0.39 is 28.0 Å². The molecule has 1 amide bonds. The number of amides is 1. The number of hydrogen-bond donors (Lipinski definition) is 2. The van der Waals surface area contributed by atoms with Gasteiger partial charge in [0.2, 0.25) is 10.0 Å². The fourth-order valence-electron chi connectivity index (χ4n) is 2.55. The Kier molecular flexibility index (Phi) is 5.81. The Morgan fingerprint density at radius 1 is 1.03 bits per heavy atom. The van der Waals surface area contributed by atoms with Crippen molar-refractivity contribution >= 4 is 27.6 Å². The normalized spacial score (nSPS) is 12.2. The van der Waals surface area contributed by atoms with Gasteiger partial charge in [0.1, 0.15) is 0 Å². The van der Waals surface area contributed by atoms with E-state index in [4.69, 9.17) is 9.88 Å². The van der Waals surface area contributed by atoms with Crippen LogP contribution in [0, 0.1) is 0 Å². The topological polar surface area (TPSA) is 120 Å². The predicted molar refractivity (Wildman–Crippen MR) is 107 cm³/mol. The molecule has 0 unspecified atom stereocenters. The number of carbonyl (C=O) groups is 2. The first-order chi connectivity index (χ1) is 13.7. The van der Waals surface area contributed by atoms with Gasteiger partial charge in [-0.2, -0.15) is 0 Å². The average Bonchev–Trinajstić information content (AvgIpc) is 3.22. The largest absolute Gasteiger partial charge is 0.449 e. The minimum atomic E-state index is -3.81. The average molecular weight is 413 g/mol. The van der Waals surface area contributed by atoms with Crippen molar-refractivity contribution < 1.29 is 22.7 Å². The monoisotopic (exact) mass is 413 g/mol. The molecule has 0 saturated heterocycles. The molecule has 0 fully saturated rings. The van der Waals surface area contributed by atoms with Crippen molar-refractivity contribution in [3.05, 3.63) is 78.6 Å². The highest BCUT2D eigenvalue weighted by molar-refractivity contribution is 7.89. The van der Waals surface area contributed by atoms with Crippen LogP contribution in [0.4, 0.5) is 5.69 Å². The van der Waals surface area contributed by atoms with E-state index in [1.807, 2.05) is 35.2 Å². The van der Waals surface area contributed by atoms with E-state index in [1.165, 1.54) is 31.2 Å². The second kappa shape index (κ2) is 8.29. The van der Waals surface area contributed by atoms with E-state index in [9.17, 15) is 18.0 Å². The van der Waals surface area contributed by atoms with Crippen LogP contribution in [-0.4, -0.2) is 31.0 Å². The molecule has 3 rings (SSSR count). The Hall–Kier alpha value is -3.43. The Morgan fingerprint density at radius 2 is 1.69 bits per heavy atom. The van der Waals surface area contributed by atoms with Crippen LogP contribution < -0.4 is 10.5 Å². The zero-order chi connectivity index (χ0) is 21.0. The molecular weight excluding hydrogens is 394 g/mol. The molecule has 1 heterocycles. The molecule has 1 aromatic heterocycles. The minimum absolute atomic E-state index is 0.0717. The van der Waals surface area contributed by atoms with Crippen molar-refractivity contribution in [1.82, 2.24) is 4.57 Å². The summed E-state index contributed by atoms with van der Waals surface area (Å²) in [6, 6.07) is 15.9. The van der Waals surface area contributed by atoms with Gasteiger partial charge in [-0.05, 0) is 61.5 Å². The third-order valence-corrected chi connectivity index (χ3v) is 5.02. The molecule has 29 heavy (non-hydrogen) atoms. The summed E-state index contributed by atoms with van der Waals surface area (Å²) in [6.45, 7) is 1.45. The summed E-state index contributed by atoms with van der Waals surface area (Å²) in [5.41, 5.74) is 1.45. The summed E-state index contributed by atoms with van der Waals surface area (Å²) < 4.78 is 29.6. The number of nitrogens with two attached hydrogens (primary N) is 1. The molecule has 8 nitrogen and oxygen atoms in total. The standard InChI is InChI=1S/C20H19N3O5S/c1-14(19(24)22-16-7-9-18(10-8-16)29(21,26)27)28-20(25)15-5-4-6-17(13-15)23-11-2-3-12-23/h2-14H,1H3,(H,22,24)(H2,21,26,27)/t14-/m1/s1. The van der Waals surface area contributed by atoms with Crippen molar-refractivity contribution in [2.24, 2.45) is 5.14 Å². The SMILES string of the molecule is C[C@@H](OC(=O)c1cccc(-n2cccc2)c1)C(=O)Nc1ccc(S(N)(=O)=O)cc1. The molecule has 3 aromatic rings. The van der Waals surface area contributed by atoms with Crippen molar-refractivity contribution in [2.45, 2.75) is 17.9 Å². The maximum atomic E-state index is 12.4. The summed E-state index contributed by atoms with van der Waals surface area (Å²) in [4.78, 5) is 24.6. The van der Waals surface area contributed by atoms with Crippen molar-refractivity contribution in [2.75, 3.05) is 5.32 Å². The number of esters is 1. The zero-order valence-electron chi connectivity index (χ0n) is 15.5. The first-order valence-corrected chi connectivity index (χ1v) is 10.2. The maximum absolute atomic E-state index is 12.4. The Labute approximate surface area is 168 Å². The molecule has 1 atom stereocenters. The number of nitrogens with zero attached hydrogens (tertiary/aromatic N) is 1. The number of benzene rings is 2. The highest BCUT2D eigenvalue weighted by Crippen LogP contribution is 2.15. The van der Waals surface area contributed by atoms with Gasteiger partial charge in [0, 0.05) is 23.8 Å². The molecule has 3 N–H and O–H groups in total. The molecule has 150 valence electrons. The zero-order valence-corrected chi connectivity index (χ0v) is 16.3. The van der Waals surface area contributed by atoms with Crippen LogP contribution in [0.1, 0.15) is 17.3 Å². The van der Waals surface area contributed by atoms with Gasteiger partial charge in [-0.25, -0.2) is 18.4 Å². The lowest BCUT2D eigenvalue weighted by Gasteiger charge is -2.14. The molecule has 9 heteroatoms. The van der Waals surface area contributed by atoms with Crippen LogP contribution in [0.3, 0.4) is 0 Å². The van der Waals surface area contributed by atoms with Crippen LogP contribution in [0.5, 0.6) is 0 Å². The predicted octanol–water partition coefficient (Wildman–Crippen LogP) is 2.31. The lowest BCUT2D eigenvalue weighted by molar-refractivity contribution is -0.123. The summed E-state index contributed by atoms with van der Waals surface area (Å²) in [7, 11) is -3.81. The number of rotatable bonds is 6. The van der Waals surface area contributed by atoms with E-state index in [-0.39, 0.29) is 4.90 Å². The number of nitrogens with one attached hydrogen (secondary N) is 1.